The van der Waals surface area contributed by atoms with E-state index in [9.17, 15) is 0 Å². The largest absolute Gasteiger partial charge is 0.306 e. The Morgan fingerprint density at radius 3 is 2.00 bits per heavy atom. The first-order chi connectivity index (χ1) is 3.18. The molecule has 0 saturated heterocycles. The summed E-state index contributed by atoms with van der Waals surface area (Å²) in [6, 6.07) is 0.600. The normalized spacial score (nSPS) is 15.0. The van der Waals surface area contributed by atoms with Gasteiger partial charge in [-0.2, -0.15) is 12.6 Å². The Bertz CT molecular complexity index is 45.3. The zero-order valence-corrected chi connectivity index (χ0v) is 6.07. The van der Waals surface area contributed by atoms with Gasteiger partial charge in [-0.1, -0.05) is 0 Å². The minimum atomic E-state index is 0.600. The van der Waals surface area contributed by atoms with Crippen molar-refractivity contribution in [3.8, 4) is 0 Å². The van der Waals surface area contributed by atoms with E-state index in [1.165, 1.54) is 0 Å². The molecule has 0 aromatic heterocycles. The lowest BCUT2D eigenvalue weighted by atomic mass is 10.4. The molecule has 0 N–H and O–H groups in total. The number of thiol groups is 1. The van der Waals surface area contributed by atoms with Crippen LogP contribution in [0.2, 0.25) is 0 Å². The summed E-state index contributed by atoms with van der Waals surface area (Å²) in [7, 11) is 4.11. The summed E-state index contributed by atoms with van der Waals surface area (Å²) in [6.07, 6.45) is 0. The zero-order chi connectivity index (χ0) is 5.86. The maximum atomic E-state index is 4.11. The minimum Gasteiger partial charge on any atom is -0.306 e. The summed E-state index contributed by atoms with van der Waals surface area (Å²) >= 11 is 4.11. The van der Waals surface area contributed by atoms with Gasteiger partial charge in [-0.05, 0) is 21.0 Å². The molecule has 0 saturated carbocycles. The Morgan fingerprint density at radius 2 is 2.00 bits per heavy atom. The van der Waals surface area contributed by atoms with Crippen molar-refractivity contribution in [3.05, 3.63) is 0 Å². The third-order valence-corrected chi connectivity index (χ3v) is 1.67. The van der Waals surface area contributed by atoms with Crippen LogP contribution in [0.25, 0.3) is 0 Å². The molecule has 0 unspecified atom stereocenters. The standard InChI is InChI=1S/C5H13NS/c1-5(4-7)6(2)3/h5,7H,4H2,1-3H3/t5-/m1/s1. The summed E-state index contributed by atoms with van der Waals surface area (Å²) < 4.78 is 0. The number of hydrogen-bond donors (Lipinski definition) is 1. The van der Waals surface area contributed by atoms with Gasteiger partial charge in [-0.25, -0.2) is 0 Å². The summed E-state index contributed by atoms with van der Waals surface area (Å²) in [6.45, 7) is 2.15. The predicted molar refractivity (Wildman–Crippen MR) is 37.0 cm³/mol. The van der Waals surface area contributed by atoms with Crippen LogP contribution in [0.5, 0.6) is 0 Å². The van der Waals surface area contributed by atoms with E-state index in [-0.39, 0.29) is 0 Å². The fraction of sp³-hybridized carbons (Fsp3) is 1.00. The van der Waals surface area contributed by atoms with Gasteiger partial charge in [0.2, 0.25) is 0 Å². The second-order valence-electron chi connectivity index (χ2n) is 2.00. The van der Waals surface area contributed by atoms with Crippen molar-refractivity contribution in [1.82, 2.24) is 4.90 Å². The van der Waals surface area contributed by atoms with Gasteiger partial charge in [0.05, 0.1) is 0 Å². The van der Waals surface area contributed by atoms with Gasteiger partial charge in [0.15, 0.2) is 0 Å². The average molecular weight is 119 g/mol. The molecule has 0 heterocycles. The molecular formula is C5H13NS. The Morgan fingerprint density at radius 1 is 1.57 bits per heavy atom. The predicted octanol–water partition coefficient (Wildman–Crippen LogP) is 0.866. The summed E-state index contributed by atoms with van der Waals surface area (Å²) in [5.41, 5.74) is 0. The molecule has 7 heavy (non-hydrogen) atoms. The molecule has 0 aliphatic heterocycles. The molecule has 0 radical (unpaired) electrons. The highest BCUT2D eigenvalue weighted by Gasteiger charge is 1.97. The van der Waals surface area contributed by atoms with Crippen LogP contribution < -0.4 is 0 Å². The minimum absolute atomic E-state index is 0.600. The molecule has 0 fully saturated rings. The van der Waals surface area contributed by atoms with Gasteiger partial charge in [-0.15, -0.1) is 0 Å². The summed E-state index contributed by atoms with van der Waals surface area (Å²) in [4.78, 5) is 2.15. The lowest BCUT2D eigenvalue weighted by Crippen LogP contribution is -2.25. The van der Waals surface area contributed by atoms with Crippen molar-refractivity contribution in [3.63, 3.8) is 0 Å². The third-order valence-electron chi connectivity index (χ3n) is 1.15. The maximum Gasteiger partial charge on any atom is 0.0149 e. The van der Waals surface area contributed by atoms with E-state index in [2.05, 4.69) is 38.5 Å². The van der Waals surface area contributed by atoms with Crippen LogP contribution in [-0.4, -0.2) is 30.8 Å². The van der Waals surface area contributed by atoms with E-state index in [0.29, 0.717) is 6.04 Å². The Hall–Kier alpha value is 0.310. The van der Waals surface area contributed by atoms with Crippen molar-refractivity contribution in [1.29, 1.82) is 0 Å². The molecule has 1 nitrogen and oxygen atoms in total. The van der Waals surface area contributed by atoms with Crippen LogP contribution in [0.4, 0.5) is 0 Å². The highest BCUT2D eigenvalue weighted by atomic mass is 32.1. The van der Waals surface area contributed by atoms with E-state index in [4.69, 9.17) is 0 Å². The molecular weight excluding hydrogens is 106 g/mol. The molecule has 0 aliphatic carbocycles. The Kier molecular flexibility index (Phi) is 3.48. The van der Waals surface area contributed by atoms with Gasteiger partial charge < -0.3 is 4.90 Å². The topological polar surface area (TPSA) is 3.24 Å². The maximum absolute atomic E-state index is 4.11. The van der Waals surface area contributed by atoms with Crippen LogP contribution in [0.3, 0.4) is 0 Å². The average Bonchev–Trinajstić information content (AvgIpc) is 1.65. The van der Waals surface area contributed by atoms with Crippen LogP contribution in [0.15, 0.2) is 0 Å². The van der Waals surface area contributed by atoms with Gasteiger partial charge in [0.25, 0.3) is 0 Å². The van der Waals surface area contributed by atoms with Gasteiger partial charge in [0.1, 0.15) is 0 Å². The smallest absolute Gasteiger partial charge is 0.0149 e. The van der Waals surface area contributed by atoms with Gasteiger partial charge >= 0.3 is 0 Å². The molecule has 0 rings (SSSR count). The second kappa shape index (κ2) is 3.33. The van der Waals surface area contributed by atoms with E-state index in [1.807, 2.05) is 0 Å². The molecule has 0 aromatic carbocycles. The van der Waals surface area contributed by atoms with Crippen molar-refractivity contribution >= 4 is 12.6 Å². The highest BCUT2D eigenvalue weighted by Crippen LogP contribution is 1.91. The Labute approximate surface area is 51.1 Å². The van der Waals surface area contributed by atoms with Gasteiger partial charge in [-0.3, -0.25) is 0 Å². The molecule has 0 spiro atoms. The van der Waals surface area contributed by atoms with Crippen LogP contribution in [0, 0.1) is 0 Å². The van der Waals surface area contributed by atoms with Crippen molar-refractivity contribution in [2.24, 2.45) is 0 Å². The van der Waals surface area contributed by atoms with E-state index in [0.717, 1.165) is 5.75 Å². The van der Waals surface area contributed by atoms with E-state index >= 15 is 0 Å². The van der Waals surface area contributed by atoms with Crippen LogP contribution >= 0.6 is 12.6 Å². The van der Waals surface area contributed by atoms with Crippen LogP contribution in [-0.2, 0) is 0 Å². The highest BCUT2D eigenvalue weighted by molar-refractivity contribution is 7.80. The van der Waals surface area contributed by atoms with Crippen LogP contribution in [0.1, 0.15) is 6.92 Å². The summed E-state index contributed by atoms with van der Waals surface area (Å²) in [5.74, 6) is 0.938. The van der Waals surface area contributed by atoms with Crippen molar-refractivity contribution < 1.29 is 0 Å². The Balaban J connectivity index is 3.14. The van der Waals surface area contributed by atoms with Crippen molar-refractivity contribution in [2.45, 2.75) is 13.0 Å². The number of hydrogen-bond acceptors (Lipinski definition) is 2. The second-order valence-corrected chi connectivity index (χ2v) is 2.36. The quantitative estimate of drug-likeness (QED) is 0.528. The lowest BCUT2D eigenvalue weighted by molar-refractivity contribution is 0.340. The molecule has 44 valence electrons. The molecule has 0 aromatic rings. The molecule has 1 atom stereocenters. The fourth-order valence-corrected chi connectivity index (χ4v) is 0.490. The SMILES string of the molecule is C[C@H](CS)N(C)C. The van der Waals surface area contributed by atoms with Gasteiger partial charge in [0, 0.05) is 11.8 Å². The lowest BCUT2D eigenvalue weighted by Gasteiger charge is -2.15. The molecule has 0 bridgehead atoms. The van der Waals surface area contributed by atoms with E-state index < -0.39 is 0 Å². The molecule has 0 amide bonds. The molecule has 0 aliphatic rings. The zero-order valence-electron chi connectivity index (χ0n) is 5.18. The monoisotopic (exact) mass is 119 g/mol. The first-order valence-corrected chi connectivity index (χ1v) is 3.09. The third kappa shape index (κ3) is 2.94. The molecule has 2 heteroatoms. The summed E-state index contributed by atoms with van der Waals surface area (Å²) in [5, 5.41) is 0. The van der Waals surface area contributed by atoms with E-state index in [1.54, 1.807) is 0 Å². The fourth-order valence-electron chi connectivity index (χ4n) is 0.163. The first-order valence-electron chi connectivity index (χ1n) is 2.45. The first kappa shape index (κ1) is 7.31. The number of rotatable bonds is 2. The number of nitrogens with zero attached hydrogens (tertiary/aromatic N) is 1. The van der Waals surface area contributed by atoms with Crippen molar-refractivity contribution in [2.75, 3.05) is 19.8 Å².